The van der Waals surface area contributed by atoms with E-state index < -0.39 is 0 Å². The summed E-state index contributed by atoms with van der Waals surface area (Å²) < 4.78 is 0. The molecule has 122 valence electrons. The molecule has 5 nitrogen and oxygen atoms in total. The zero-order valence-corrected chi connectivity index (χ0v) is 14.4. The van der Waals surface area contributed by atoms with Crippen molar-refractivity contribution in [1.29, 1.82) is 0 Å². The van der Waals surface area contributed by atoms with Crippen LogP contribution < -0.4 is 0 Å². The maximum atomic E-state index is 4.60. The zero-order valence-electron chi connectivity index (χ0n) is 13.6. The molecule has 2 aromatic rings. The van der Waals surface area contributed by atoms with Crippen LogP contribution >= 0.6 is 11.3 Å². The number of rotatable bonds is 6. The Bertz CT molecular complexity index is 639. The van der Waals surface area contributed by atoms with E-state index in [9.17, 15) is 0 Å². The zero-order chi connectivity index (χ0) is 15.6. The van der Waals surface area contributed by atoms with E-state index in [1.165, 1.54) is 35.7 Å². The maximum Gasteiger partial charge on any atom is 0.142 e. The van der Waals surface area contributed by atoms with Crippen LogP contribution in [0.3, 0.4) is 0 Å². The molecule has 0 amide bonds. The first-order valence-corrected chi connectivity index (χ1v) is 9.22. The second-order valence-corrected chi connectivity index (χ2v) is 7.84. The lowest BCUT2D eigenvalue weighted by atomic mass is 10.2. The second-order valence-electron chi connectivity index (χ2n) is 6.70. The van der Waals surface area contributed by atoms with E-state index in [1.54, 1.807) is 0 Å². The summed E-state index contributed by atoms with van der Waals surface area (Å²) in [5.74, 6) is 1.68. The van der Waals surface area contributed by atoms with Gasteiger partial charge in [0.1, 0.15) is 5.82 Å². The summed E-state index contributed by atoms with van der Waals surface area (Å²) in [6.07, 6.45) is 9.62. The molecule has 2 fully saturated rings. The largest absolute Gasteiger partial charge is 0.297 e. The van der Waals surface area contributed by atoms with Crippen LogP contribution in [-0.4, -0.2) is 50.9 Å². The van der Waals surface area contributed by atoms with Crippen LogP contribution in [0, 0.1) is 0 Å². The van der Waals surface area contributed by atoms with Crippen LogP contribution in [0.4, 0.5) is 0 Å². The van der Waals surface area contributed by atoms with Crippen molar-refractivity contribution in [2.45, 2.75) is 44.3 Å². The number of likely N-dealkylation sites (N-methyl/N-ethyl adjacent to an activating group) is 1. The van der Waals surface area contributed by atoms with Crippen LogP contribution in [0.5, 0.6) is 0 Å². The van der Waals surface area contributed by atoms with Gasteiger partial charge in [-0.1, -0.05) is 0 Å². The molecule has 1 atom stereocenters. The van der Waals surface area contributed by atoms with Gasteiger partial charge >= 0.3 is 0 Å². The molecule has 1 aliphatic carbocycles. The Morgan fingerprint density at radius 3 is 2.83 bits per heavy atom. The van der Waals surface area contributed by atoms with E-state index in [2.05, 4.69) is 38.0 Å². The van der Waals surface area contributed by atoms with Crippen LogP contribution in [0.15, 0.2) is 24.7 Å². The molecule has 4 rings (SSSR count). The van der Waals surface area contributed by atoms with Gasteiger partial charge in [0, 0.05) is 55.1 Å². The van der Waals surface area contributed by atoms with E-state index >= 15 is 0 Å². The van der Waals surface area contributed by atoms with Crippen molar-refractivity contribution < 1.29 is 0 Å². The average Bonchev–Trinajstić information content (AvgIpc) is 3.13. The van der Waals surface area contributed by atoms with Gasteiger partial charge in [0.05, 0.1) is 11.6 Å². The highest BCUT2D eigenvalue weighted by molar-refractivity contribution is 7.11. The molecule has 0 N–H and O–H groups in total. The van der Waals surface area contributed by atoms with Gasteiger partial charge in [-0.25, -0.2) is 15.0 Å². The molecule has 0 radical (unpaired) electrons. The molecule has 1 aliphatic heterocycles. The minimum Gasteiger partial charge on any atom is -0.297 e. The van der Waals surface area contributed by atoms with E-state index in [4.69, 9.17) is 0 Å². The number of aromatic nitrogens is 3. The maximum absolute atomic E-state index is 4.60. The first kappa shape index (κ1) is 15.2. The first-order valence-electron chi connectivity index (χ1n) is 8.41. The third kappa shape index (κ3) is 3.76. The van der Waals surface area contributed by atoms with Crippen LogP contribution in [0.25, 0.3) is 0 Å². The smallest absolute Gasteiger partial charge is 0.142 e. The number of nitrogens with zero attached hydrogens (tertiary/aromatic N) is 5. The third-order valence-corrected chi connectivity index (χ3v) is 5.90. The van der Waals surface area contributed by atoms with Gasteiger partial charge < -0.3 is 0 Å². The highest BCUT2D eigenvalue weighted by atomic mass is 32.1. The van der Waals surface area contributed by atoms with Gasteiger partial charge in [-0.15, -0.1) is 11.3 Å². The van der Waals surface area contributed by atoms with Crippen LogP contribution in [0.2, 0.25) is 0 Å². The van der Waals surface area contributed by atoms with Crippen molar-refractivity contribution in [3.8, 4) is 0 Å². The molecule has 1 saturated heterocycles. The lowest BCUT2D eigenvalue weighted by Crippen LogP contribution is -2.34. The quantitative estimate of drug-likeness (QED) is 0.815. The predicted molar refractivity (Wildman–Crippen MR) is 91.3 cm³/mol. The summed E-state index contributed by atoms with van der Waals surface area (Å²) in [4.78, 5) is 19.6. The van der Waals surface area contributed by atoms with Crippen molar-refractivity contribution in [2.24, 2.45) is 0 Å². The fourth-order valence-electron chi connectivity index (χ4n) is 3.21. The molecule has 0 spiro atoms. The number of thiazole rings is 1. The monoisotopic (exact) mass is 329 g/mol. The Morgan fingerprint density at radius 1 is 1.22 bits per heavy atom. The lowest BCUT2D eigenvalue weighted by Gasteiger charge is -2.23. The standard InChI is InChI=1S/C17H23N5S/c1-21(12-16-18-6-2-7-19-16)14-5-8-22(10-14)11-15-9-20-17(23-15)13-3-4-13/h2,6-7,9,13-14H,3-5,8,10-12H2,1H3. The van der Waals surface area contributed by atoms with Crippen molar-refractivity contribution in [2.75, 3.05) is 20.1 Å². The molecular formula is C17H23N5S. The SMILES string of the molecule is CN(Cc1ncccn1)C1CCN(Cc2cnc(C3CC3)s2)C1. The number of likely N-dealkylation sites (tertiary alicyclic amines) is 1. The van der Waals surface area contributed by atoms with E-state index in [0.717, 1.165) is 31.4 Å². The third-order valence-electron chi connectivity index (χ3n) is 4.76. The highest BCUT2D eigenvalue weighted by Crippen LogP contribution is 2.41. The van der Waals surface area contributed by atoms with Gasteiger partial charge in [0.15, 0.2) is 0 Å². The van der Waals surface area contributed by atoms with Gasteiger partial charge in [0.2, 0.25) is 0 Å². The summed E-state index contributed by atoms with van der Waals surface area (Å²) in [7, 11) is 2.18. The van der Waals surface area contributed by atoms with Crippen molar-refractivity contribution in [1.82, 2.24) is 24.8 Å². The predicted octanol–water partition coefficient (Wildman–Crippen LogP) is 2.52. The summed E-state index contributed by atoms with van der Waals surface area (Å²) in [5, 5.41) is 1.36. The first-order chi connectivity index (χ1) is 11.3. The molecule has 23 heavy (non-hydrogen) atoms. The van der Waals surface area contributed by atoms with Gasteiger partial charge in [-0.3, -0.25) is 9.80 Å². The highest BCUT2D eigenvalue weighted by Gasteiger charge is 2.29. The minimum atomic E-state index is 0.592. The van der Waals surface area contributed by atoms with Crippen molar-refractivity contribution in [3.05, 3.63) is 40.4 Å². The Hall–Kier alpha value is -1.37. The summed E-state index contributed by atoms with van der Waals surface area (Å²) in [5.41, 5.74) is 0. The Labute approximate surface area is 141 Å². The normalized spacial score (nSPS) is 22.1. The molecule has 3 heterocycles. The molecule has 6 heteroatoms. The molecule has 2 aromatic heterocycles. The molecule has 0 aromatic carbocycles. The topological polar surface area (TPSA) is 45.2 Å². The lowest BCUT2D eigenvalue weighted by molar-refractivity contribution is 0.219. The number of hydrogen-bond acceptors (Lipinski definition) is 6. The van der Waals surface area contributed by atoms with Crippen LogP contribution in [-0.2, 0) is 13.1 Å². The van der Waals surface area contributed by atoms with E-state index in [-0.39, 0.29) is 0 Å². The summed E-state index contributed by atoms with van der Waals surface area (Å²) in [6.45, 7) is 4.17. The Kier molecular flexibility index (Phi) is 4.37. The summed E-state index contributed by atoms with van der Waals surface area (Å²) >= 11 is 1.92. The van der Waals surface area contributed by atoms with E-state index in [1.807, 2.05) is 29.8 Å². The van der Waals surface area contributed by atoms with Crippen molar-refractivity contribution in [3.63, 3.8) is 0 Å². The van der Waals surface area contributed by atoms with Gasteiger partial charge in [0.25, 0.3) is 0 Å². The van der Waals surface area contributed by atoms with E-state index in [0.29, 0.717) is 6.04 Å². The Balaban J connectivity index is 1.29. The molecule has 1 unspecified atom stereocenters. The molecule has 2 aliphatic rings. The molecule has 0 bridgehead atoms. The molecular weight excluding hydrogens is 306 g/mol. The van der Waals surface area contributed by atoms with Crippen molar-refractivity contribution >= 4 is 11.3 Å². The van der Waals surface area contributed by atoms with Gasteiger partial charge in [-0.05, 0) is 32.4 Å². The summed E-state index contributed by atoms with van der Waals surface area (Å²) in [6, 6.07) is 2.46. The average molecular weight is 329 g/mol. The minimum absolute atomic E-state index is 0.592. The van der Waals surface area contributed by atoms with Crippen LogP contribution in [0.1, 0.15) is 40.9 Å². The fraction of sp³-hybridized carbons (Fsp3) is 0.588. The Morgan fingerprint density at radius 2 is 2.04 bits per heavy atom. The fourth-order valence-corrected chi connectivity index (χ4v) is 4.34. The van der Waals surface area contributed by atoms with Gasteiger partial charge in [-0.2, -0.15) is 0 Å². The second kappa shape index (κ2) is 6.63. The molecule has 1 saturated carbocycles. The number of hydrogen-bond donors (Lipinski definition) is 0.